The van der Waals surface area contributed by atoms with E-state index < -0.39 is 17.3 Å². The second kappa shape index (κ2) is 5.90. The largest absolute Gasteiger partial charge is 0.494 e. The zero-order valence-electron chi connectivity index (χ0n) is 13.0. The molecule has 1 heterocycles. The second-order valence-electron chi connectivity index (χ2n) is 5.34. The van der Waals surface area contributed by atoms with Crippen LogP contribution in [0.2, 0.25) is 0 Å². The van der Waals surface area contributed by atoms with Crippen molar-refractivity contribution in [3.63, 3.8) is 0 Å². The molecular weight excluding hydrogens is 311 g/mol. The lowest BCUT2D eigenvalue weighted by molar-refractivity contribution is 0.206. The van der Waals surface area contributed by atoms with Crippen LogP contribution in [0.1, 0.15) is 25.2 Å². The molecule has 9 heteroatoms. The third-order valence-corrected chi connectivity index (χ3v) is 2.98. The van der Waals surface area contributed by atoms with Gasteiger partial charge in [0, 0.05) is 0 Å². The fourth-order valence-corrected chi connectivity index (χ4v) is 1.94. The van der Waals surface area contributed by atoms with Crippen LogP contribution in [-0.4, -0.2) is 22.1 Å². The fraction of sp³-hybridized carbons (Fsp3) is 0.357. The van der Waals surface area contributed by atoms with E-state index in [1.807, 2.05) is 0 Å². The van der Waals surface area contributed by atoms with Gasteiger partial charge < -0.3 is 15.8 Å². The fourth-order valence-electron chi connectivity index (χ4n) is 1.94. The Bertz CT molecular complexity index is 746. The molecule has 6 nitrogen and oxygen atoms in total. The van der Waals surface area contributed by atoms with Crippen LogP contribution in [0.15, 0.2) is 6.07 Å². The lowest BCUT2D eigenvalue weighted by atomic mass is 10.1. The molecule has 0 spiro atoms. The standard InChI is InChI=1S/C14H16F3N5O/c1-6-5-7(15)8(16)9(10(6)23-4)19-13-21-11(14(2,3)17)20-12(18)22-13/h5H,1-4H3,(H3,18,19,20,21,22). The van der Waals surface area contributed by atoms with E-state index in [0.29, 0.717) is 5.56 Å². The van der Waals surface area contributed by atoms with E-state index in [-0.39, 0.29) is 29.2 Å². The summed E-state index contributed by atoms with van der Waals surface area (Å²) in [5, 5.41) is 2.48. The maximum Gasteiger partial charge on any atom is 0.232 e. The van der Waals surface area contributed by atoms with Crippen molar-refractivity contribution in [2.75, 3.05) is 18.2 Å². The van der Waals surface area contributed by atoms with E-state index in [1.54, 1.807) is 6.92 Å². The van der Waals surface area contributed by atoms with Crippen LogP contribution in [0.4, 0.5) is 30.8 Å². The van der Waals surface area contributed by atoms with E-state index in [9.17, 15) is 13.2 Å². The number of aryl methyl sites for hydroxylation is 1. The molecule has 0 aliphatic heterocycles. The average Bonchev–Trinajstić information content (AvgIpc) is 2.43. The lowest BCUT2D eigenvalue weighted by Crippen LogP contribution is -2.18. The zero-order chi connectivity index (χ0) is 17.4. The highest BCUT2D eigenvalue weighted by molar-refractivity contribution is 5.66. The molecule has 2 aromatic rings. The molecule has 1 aromatic heterocycles. The SMILES string of the molecule is COc1c(C)cc(F)c(F)c1Nc1nc(N)nc(C(C)(C)F)n1. The zero-order valence-corrected chi connectivity index (χ0v) is 13.0. The highest BCUT2D eigenvalue weighted by Crippen LogP contribution is 2.35. The second-order valence-corrected chi connectivity index (χ2v) is 5.34. The predicted octanol–water partition coefficient (Wildman–Crippen LogP) is 3.00. The number of anilines is 3. The first-order chi connectivity index (χ1) is 10.6. The van der Waals surface area contributed by atoms with Gasteiger partial charge in [0.15, 0.2) is 23.1 Å². The van der Waals surface area contributed by atoms with E-state index in [2.05, 4.69) is 20.3 Å². The van der Waals surface area contributed by atoms with Crippen LogP contribution in [-0.2, 0) is 5.67 Å². The van der Waals surface area contributed by atoms with Gasteiger partial charge in [-0.2, -0.15) is 15.0 Å². The summed E-state index contributed by atoms with van der Waals surface area (Å²) in [6.07, 6.45) is 0. The molecule has 0 saturated carbocycles. The Hall–Kier alpha value is -2.58. The summed E-state index contributed by atoms with van der Waals surface area (Å²) >= 11 is 0. The van der Waals surface area contributed by atoms with Gasteiger partial charge in [0.2, 0.25) is 11.9 Å². The van der Waals surface area contributed by atoms with Gasteiger partial charge >= 0.3 is 0 Å². The smallest absolute Gasteiger partial charge is 0.232 e. The molecule has 0 amide bonds. The molecule has 0 bridgehead atoms. The van der Waals surface area contributed by atoms with Crippen LogP contribution in [0.3, 0.4) is 0 Å². The third kappa shape index (κ3) is 3.43. The molecule has 0 atom stereocenters. The monoisotopic (exact) mass is 327 g/mol. The first-order valence-corrected chi connectivity index (χ1v) is 6.64. The van der Waals surface area contributed by atoms with Crippen molar-refractivity contribution >= 4 is 17.6 Å². The third-order valence-electron chi connectivity index (χ3n) is 2.98. The summed E-state index contributed by atoms with van der Waals surface area (Å²) < 4.78 is 46.7. The minimum atomic E-state index is -1.88. The van der Waals surface area contributed by atoms with Crippen molar-refractivity contribution in [3.05, 3.63) is 29.1 Å². The quantitative estimate of drug-likeness (QED) is 0.898. The number of rotatable bonds is 4. The molecule has 0 aliphatic carbocycles. The number of nitrogens with zero attached hydrogens (tertiary/aromatic N) is 3. The Morgan fingerprint density at radius 3 is 2.43 bits per heavy atom. The normalized spacial score (nSPS) is 11.4. The molecule has 0 fully saturated rings. The number of aromatic nitrogens is 3. The van der Waals surface area contributed by atoms with Crippen LogP contribution in [0.25, 0.3) is 0 Å². The summed E-state index contributed by atoms with van der Waals surface area (Å²) in [7, 11) is 1.31. The Balaban J connectivity index is 2.54. The summed E-state index contributed by atoms with van der Waals surface area (Å²) in [5.74, 6) is -2.88. The molecule has 2 rings (SSSR count). The van der Waals surface area contributed by atoms with E-state index >= 15 is 0 Å². The summed E-state index contributed by atoms with van der Waals surface area (Å²) in [4.78, 5) is 11.3. The Labute approximate surface area is 130 Å². The number of hydrogen-bond donors (Lipinski definition) is 2. The first-order valence-electron chi connectivity index (χ1n) is 6.64. The predicted molar refractivity (Wildman–Crippen MR) is 79.3 cm³/mol. The molecular formula is C14H16F3N5O. The number of benzene rings is 1. The van der Waals surface area contributed by atoms with Crippen molar-refractivity contribution in [3.8, 4) is 5.75 Å². The van der Waals surface area contributed by atoms with Gasteiger partial charge in [-0.25, -0.2) is 13.2 Å². The minimum absolute atomic E-state index is 0.0731. The summed E-state index contributed by atoms with van der Waals surface area (Å²) in [5.41, 5.74) is 3.68. The van der Waals surface area contributed by atoms with Gasteiger partial charge in [0.25, 0.3) is 0 Å². The molecule has 0 unspecified atom stereocenters. The van der Waals surface area contributed by atoms with Gasteiger partial charge in [-0.1, -0.05) is 0 Å². The Kier molecular flexibility index (Phi) is 4.31. The van der Waals surface area contributed by atoms with Crippen molar-refractivity contribution in [1.29, 1.82) is 0 Å². The van der Waals surface area contributed by atoms with Crippen molar-refractivity contribution in [2.45, 2.75) is 26.4 Å². The number of hydrogen-bond acceptors (Lipinski definition) is 6. The number of alkyl halides is 1. The molecule has 124 valence electrons. The summed E-state index contributed by atoms with van der Waals surface area (Å²) in [6, 6.07) is 0.997. The Morgan fingerprint density at radius 2 is 1.87 bits per heavy atom. The molecule has 1 aromatic carbocycles. The first kappa shape index (κ1) is 16.8. The van der Waals surface area contributed by atoms with Crippen molar-refractivity contribution < 1.29 is 17.9 Å². The average molecular weight is 327 g/mol. The van der Waals surface area contributed by atoms with Gasteiger partial charge in [0.05, 0.1) is 7.11 Å². The molecule has 0 aliphatic rings. The van der Waals surface area contributed by atoms with Gasteiger partial charge in [-0.05, 0) is 32.4 Å². The number of ether oxygens (including phenoxy) is 1. The summed E-state index contributed by atoms with van der Waals surface area (Å²) in [6.45, 7) is 4.02. The van der Waals surface area contributed by atoms with Gasteiger partial charge in [-0.3, -0.25) is 0 Å². The highest BCUT2D eigenvalue weighted by atomic mass is 19.2. The van der Waals surface area contributed by atoms with Crippen LogP contribution < -0.4 is 15.8 Å². The topological polar surface area (TPSA) is 86.0 Å². The maximum atomic E-state index is 14.1. The number of nitrogens with two attached hydrogens (primary N) is 1. The minimum Gasteiger partial charge on any atom is -0.494 e. The molecule has 0 radical (unpaired) electrons. The number of methoxy groups -OCH3 is 1. The molecule has 0 saturated heterocycles. The van der Waals surface area contributed by atoms with E-state index in [4.69, 9.17) is 10.5 Å². The number of nitrogens with one attached hydrogen (secondary N) is 1. The van der Waals surface area contributed by atoms with Crippen LogP contribution in [0.5, 0.6) is 5.75 Å². The highest BCUT2D eigenvalue weighted by Gasteiger charge is 2.25. The van der Waals surface area contributed by atoms with Crippen molar-refractivity contribution in [1.82, 2.24) is 15.0 Å². The lowest BCUT2D eigenvalue weighted by Gasteiger charge is -2.16. The van der Waals surface area contributed by atoms with Crippen molar-refractivity contribution in [2.24, 2.45) is 0 Å². The number of nitrogen functional groups attached to an aromatic ring is 1. The van der Waals surface area contributed by atoms with E-state index in [1.165, 1.54) is 21.0 Å². The van der Waals surface area contributed by atoms with E-state index in [0.717, 1.165) is 6.07 Å². The van der Waals surface area contributed by atoms with Crippen LogP contribution in [0, 0.1) is 18.6 Å². The maximum absolute atomic E-state index is 14.1. The number of halogens is 3. The van der Waals surface area contributed by atoms with Gasteiger partial charge in [-0.15, -0.1) is 0 Å². The van der Waals surface area contributed by atoms with Crippen LogP contribution >= 0.6 is 0 Å². The molecule has 23 heavy (non-hydrogen) atoms. The Morgan fingerprint density at radius 1 is 1.22 bits per heavy atom. The van der Waals surface area contributed by atoms with Gasteiger partial charge in [0.1, 0.15) is 11.4 Å². The molecule has 3 N–H and O–H groups in total.